The molecule has 0 spiro atoms. The van der Waals surface area contributed by atoms with Gasteiger partial charge in [0.15, 0.2) is 0 Å². The second kappa shape index (κ2) is 5.75. The maximum atomic E-state index is 13.8. The van der Waals surface area contributed by atoms with E-state index < -0.39 is 0 Å². The first-order valence-corrected chi connectivity index (χ1v) is 7.04. The molecule has 0 aromatic heterocycles. The van der Waals surface area contributed by atoms with Crippen molar-refractivity contribution in [2.24, 2.45) is 0 Å². The van der Waals surface area contributed by atoms with Crippen molar-refractivity contribution in [3.63, 3.8) is 0 Å². The van der Waals surface area contributed by atoms with E-state index in [0.29, 0.717) is 19.9 Å². The topological polar surface area (TPSA) is 21.7 Å². The van der Waals surface area contributed by atoms with E-state index in [9.17, 15) is 4.39 Å². The van der Waals surface area contributed by atoms with Crippen LogP contribution in [0.15, 0.2) is 18.2 Å². The Morgan fingerprint density at radius 3 is 3.21 bits per heavy atom. The van der Waals surface area contributed by atoms with Crippen LogP contribution in [0.4, 0.5) is 4.39 Å². The summed E-state index contributed by atoms with van der Waals surface area (Å²) < 4.78 is 25.0. The lowest BCUT2D eigenvalue weighted by Gasteiger charge is -2.30. The summed E-state index contributed by atoms with van der Waals surface area (Å²) in [6, 6.07) is 5.24. The molecule has 1 fully saturated rings. The van der Waals surface area contributed by atoms with Gasteiger partial charge in [-0.1, -0.05) is 23.7 Å². The van der Waals surface area contributed by atoms with Gasteiger partial charge in [0.2, 0.25) is 0 Å². The number of hydrogen-bond acceptors (Lipinski definition) is 3. The van der Waals surface area contributed by atoms with Gasteiger partial charge in [0.05, 0.1) is 12.7 Å². The lowest BCUT2D eigenvalue weighted by Crippen LogP contribution is -2.41. The minimum Gasteiger partial charge on any atom is -0.360 e. The Balaban J connectivity index is 1.60. The minimum absolute atomic E-state index is 0.132. The molecule has 1 aliphatic carbocycles. The average molecular weight is 286 g/mol. The van der Waals surface area contributed by atoms with E-state index in [-0.39, 0.29) is 17.5 Å². The number of morpholine rings is 1. The molecule has 1 aromatic carbocycles. The predicted octanol–water partition coefficient (Wildman–Crippen LogP) is 2.68. The molecule has 3 rings (SSSR count). The zero-order chi connectivity index (χ0) is 13.2. The highest BCUT2D eigenvalue weighted by Crippen LogP contribution is 2.35. The third-order valence-corrected chi connectivity index (χ3v) is 3.97. The first-order valence-electron chi connectivity index (χ1n) is 6.61. The fraction of sp³-hybridized carbons (Fsp3) is 0.571. The van der Waals surface area contributed by atoms with Gasteiger partial charge in [0.1, 0.15) is 18.1 Å². The molecular formula is C14H17ClFNO2. The monoisotopic (exact) mass is 285 g/mol. The van der Waals surface area contributed by atoms with Crippen molar-refractivity contribution in [2.75, 3.05) is 26.4 Å². The third kappa shape index (κ3) is 2.92. The molecule has 3 nitrogen and oxygen atoms in total. The highest BCUT2D eigenvalue weighted by atomic mass is 35.5. The summed E-state index contributed by atoms with van der Waals surface area (Å²) in [6.45, 7) is 2.55. The first kappa shape index (κ1) is 13.3. The van der Waals surface area contributed by atoms with Crippen LogP contribution in [0.5, 0.6) is 0 Å². The zero-order valence-electron chi connectivity index (χ0n) is 10.6. The molecule has 19 heavy (non-hydrogen) atoms. The molecule has 0 N–H and O–H groups in total. The van der Waals surface area contributed by atoms with Crippen molar-refractivity contribution in [2.45, 2.75) is 24.5 Å². The molecule has 1 aromatic rings. The maximum absolute atomic E-state index is 13.8. The minimum atomic E-state index is -0.273. The Bertz CT molecular complexity index is 457. The number of nitrogens with zero attached hydrogens (tertiary/aromatic N) is 1. The normalized spacial score (nSPS) is 27.5. The largest absolute Gasteiger partial charge is 0.360 e. The molecule has 1 heterocycles. The van der Waals surface area contributed by atoms with Crippen LogP contribution in [0.3, 0.4) is 0 Å². The van der Waals surface area contributed by atoms with Crippen LogP contribution in [0.1, 0.15) is 23.7 Å². The Kier molecular flexibility index (Phi) is 4.03. The highest BCUT2D eigenvalue weighted by Gasteiger charge is 2.27. The van der Waals surface area contributed by atoms with E-state index in [1.807, 2.05) is 6.07 Å². The van der Waals surface area contributed by atoms with Crippen molar-refractivity contribution < 1.29 is 13.9 Å². The number of ether oxygens (including phenoxy) is 2. The molecule has 2 aliphatic rings. The molecule has 1 saturated heterocycles. The lowest BCUT2D eigenvalue weighted by atomic mass is 10.1. The van der Waals surface area contributed by atoms with Crippen LogP contribution in [0.2, 0.25) is 0 Å². The van der Waals surface area contributed by atoms with E-state index in [4.69, 9.17) is 21.1 Å². The highest BCUT2D eigenvalue weighted by molar-refractivity contribution is 6.19. The fourth-order valence-corrected chi connectivity index (χ4v) is 3.01. The standard InChI is InChI=1S/C14H17ClFNO2/c15-13-8-17(6-7-18-13)9-19-12-5-4-10-2-1-3-11(16)14(10)12/h1-3,12-13H,4-9H2. The summed E-state index contributed by atoms with van der Waals surface area (Å²) in [6.07, 6.45) is 1.61. The number of aryl methyl sites for hydroxylation is 1. The van der Waals surface area contributed by atoms with Crippen LogP contribution in [0.25, 0.3) is 0 Å². The Hall–Kier alpha value is -0.680. The molecule has 104 valence electrons. The fourth-order valence-electron chi connectivity index (χ4n) is 2.73. The Morgan fingerprint density at radius 1 is 1.47 bits per heavy atom. The molecule has 0 bridgehead atoms. The third-order valence-electron chi connectivity index (χ3n) is 3.71. The van der Waals surface area contributed by atoms with Gasteiger partial charge in [-0.2, -0.15) is 0 Å². The van der Waals surface area contributed by atoms with Crippen LogP contribution in [-0.4, -0.2) is 36.9 Å². The summed E-state index contributed by atoms with van der Waals surface area (Å²) in [7, 11) is 0. The Morgan fingerprint density at radius 2 is 2.37 bits per heavy atom. The van der Waals surface area contributed by atoms with E-state index in [1.54, 1.807) is 6.07 Å². The zero-order valence-corrected chi connectivity index (χ0v) is 11.4. The summed E-state index contributed by atoms with van der Waals surface area (Å²) in [5.74, 6) is -0.155. The van der Waals surface area contributed by atoms with Gasteiger partial charge in [-0.15, -0.1) is 0 Å². The molecule has 0 saturated carbocycles. The molecule has 1 aliphatic heterocycles. The van der Waals surface area contributed by atoms with Crippen molar-refractivity contribution in [3.05, 3.63) is 35.1 Å². The number of rotatable bonds is 3. The van der Waals surface area contributed by atoms with Gasteiger partial charge in [-0.3, -0.25) is 4.90 Å². The first-order chi connectivity index (χ1) is 9.24. The van der Waals surface area contributed by atoms with Gasteiger partial charge in [-0.25, -0.2) is 4.39 Å². The van der Waals surface area contributed by atoms with E-state index in [0.717, 1.165) is 30.5 Å². The number of fused-ring (bicyclic) bond motifs is 1. The summed E-state index contributed by atoms with van der Waals surface area (Å²) >= 11 is 5.93. The number of benzene rings is 1. The summed E-state index contributed by atoms with van der Waals surface area (Å²) in [5, 5.41) is 0. The summed E-state index contributed by atoms with van der Waals surface area (Å²) in [4.78, 5) is 2.10. The van der Waals surface area contributed by atoms with E-state index >= 15 is 0 Å². The smallest absolute Gasteiger partial charge is 0.143 e. The molecule has 2 unspecified atom stereocenters. The molecule has 0 amide bonds. The van der Waals surface area contributed by atoms with Gasteiger partial charge in [0.25, 0.3) is 0 Å². The maximum Gasteiger partial charge on any atom is 0.143 e. The van der Waals surface area contributed by atoms with E-state index in [2.05, 4.69) is 4.90 Å². The van der Waals surface area contributed by atoms with Crippen LogP contribution >= 0.6 is 11.6 Å². The van der Waals surface area contributed by atoms with Gasteiger partial charge >= 0.3 is 0 Å². The summed E-state index contributed by atoms with van der Waals surface area (Å²) in [5.41, 5.74) is 1.53. The van der Waals surface area contributed by atoms with Gasteiger partial charge < -0.3 is 9.47 Å². The second-order valence-electron chi connectivity index (χ2n) is 4.99. The quantitative estimate of drug-likeness (QED) is 0.797. The molecule has 0 radical (unpaired) electrons. The number of hydrogen-bond donors (Lipinski definition) is 0. The average Bonchev–Trinajstić information content (AvgIpc) is 2.81. The Labute approximate surface area is 117 Å². The van der Waals surface area contributed by atoms with Crippen molar-refractivity contribution in [1.29, 1.82) is 0 Å². The second-order valence-corrected chi connectivity index (χ2v) is 5.48. The van der Waals surface area contributed by atoms with Crippen molar-refractivity contribution in [3.8, 4) is 0 Å². The molecule has 2 atom stereocenters. The SMILES string of the molecule is Fc1cccc2c1C(OCN1CCOC(Cl)C1)CC2. The van der Waals surface area contributed by atoms with Gasteiger partial charge in [-0.05, 0) is 24.5 Å². The number of halogens is 2. The van der Waals surface area contributed by atoms with Gasteiger partial charge in [0, 0.05) is 18.7 Å². The van der Waals surface area contributed by atoms with Crippen LogP contribution < -0.4 is 0 Å². The lowest BCUT2D eigenvalue weighted by molar-refractivity contribution is -0.0707. The van der Waals surface area contributed by atoms with Crippen LogP contribution in [-0.2, 0) is 15.9 Å². The van der Waals surface area contributed by atoms with Crippen molar-refractivity contribution in [1.82, 2.24) is 4.90 Å². The molecular weight excluding hydrogens is 269 g/mol. The number of alkyl halides is 1. The predicted molar refractivity (Wildman–Crippen MR) is 70.6 cm³/mol. The van der Waals surface area contributed by atoms with Crippen LogP contribution in [0, 0.1) is 5.82 Å². The molecule has 5 heteroatoms. The van der Waals surface area contributed by atoms with E-state index in [1.165, 1.54) is 6.07 Å². The van der Waals surface area contributed by atoms with Crippen molar-refractivity contribution >= 4 is 11.6 Å².